The third kappa shape index (κ3) is 2.31. The first-order valence-corrected chi connectivity index (χ1v) is 4.74. The summed E-state index contributed by atoms with van der Waals surface area (Å²) in [5.41, 5.74) is 0. The standard InChI is InChI=1S/C10H17NO2/c1-3-4-6-11-7-5-9(8(11)2)10(12)13/h3-4,8-9H,5-7H2,1-2H3,(H,12,13)/b4-3+. The number of rotatable bonds is 3. The van der Waals surface area contributed by atoms with E-state index < -0.39 is 5.97 Å². The fourth-order valence-corrected chi connectivity index (χ4v) is 1.83. The molecular formula is C10H17NO2. The van der Waals surface area contributed by atoms with Crippen molar-refractivity contribution in [2.24, 2.45) is 5.92 Å². The van der Waals surface area contributed by atoms with E-state index in [2.05, 4.69) is 11.0 Å². The molecule has 2 unspecified atom stereocenters. The van der Waals surface area contributed by atoms with Gasteiger partial charge < -0.3 is 5.11 Å². The number of likely N-dealkylation sites (tertiary alicyclic amines) is 1. The van der Waals surface area contributed by atoms with E-state index in [0.29, 0.717) is 0 Å². The van der Waals surface area contributed by atoms with Crippen molar-refractivity contribution < 1.29 is 9.90 Å². The number of carbonyl (C=O) groups is 1. The Morgan fingerprint density at radius 1 is 1.69 bits per heavy atom. The normalized spacial score (nSPS) is 30.0. The average molecular weight is 183 g/mol. The highest BCUT2D eigenvalue weighted by Crippen LogP contribution is 2.23. The van der Waals surface area contributed by atoms with E-state index in [1.54, 1.807) is 0 Å². The number of carboxylic acids is 1. The molecule has 0 aromatic heterocycles. The summed E-state index contributed by atoms with van der Waals surface area (Å²) in [6, 6.07) is 0.175. The van der Waals surface area contributed by atoms with E-state index in [9.17, 15) is 4.79 Å². The predicted octanol–water partition coefficient (Wildman–Crippen LogP) is 1.36. The zero-order chi connectivity index (χ0) is 9.84. The van der Waals surface area contributed by atoms with Crippen LogP contribution in [0.15, 0.2) is 12.2 Å². The quantitative estimate of drug-likeness (QED) is 0.671. The molecular weight excluding hydrogens is 166 g/mol. The maximum absolute atomic E-state index is 10.8. The zero-order valence-corrected chi connectivity index (χ0v) is 8.23. The van der Waals surface area contributed by atoms with E-state index >= 15 is 0 Å². The monoisotopic (exact) mass is 183 g/mol. The van der Waals surface area contributed by atoms with Crippen molar-refractivity contribution in [3.63, 3.8) is 0 Å². The Balaban J connectivity index is 2.49. The fraction of sp³-hybridized carbons (Fsp3) is 0.700. The molecule has 1 heterocycles. The number of allylic oxidation sites excluding steroid dienone is 1. The van der Waals surface area contributed by atoms with Crippen LogP contribution in [0.4, 0.5) is 0 Å². The molecule has 0 amide bonds. The summed E-state index contributed by atoms with van der Waals surface area (Å²) in [7, 11) is 0. The van der Waals surface area contributed by atoms with E-state index in [4.69, 9.17) is 5.11 Å². The molecule has 74 valence electrons. The Kier molecular flexibility index (Phi) is 3.48. The molecule has 0 bridgehead atoms. The number of hydrogen-bond donors (Lipinski definition) is 1. The van der Waals surface area contributed by atoms with E-state index in [0.717, 1.165) is 19.5 Å². The van der Waals surface area contributed by atoms with Crippen molar-refractivity contribution in [1.82, 2.24) is 4.90 Å². The van der Waals surface area contributed by atoms with Crippen LogP contribution in [-0.4, -0.2) is 35.1 Å². The van der Waals surface area contributed by atoms with Crippen molar-refractivity contribution in [3.8, 4) is 0 Å². The zero-order valence-electron chi connectivity index (χ0n) is 8.23. The Hall–Kier alpha value is -0.830. The molecule has 0 radical (unpaired) electrons. The van der Waals surface area contributed by atoms with Gasteiger partial charge in [-0.25, -0.2) is 0 Å². The van der Waals surface area contributed by atoms with Gasteiger partial charge in [-0.1, -0.05) is 12.2 Å². The molecule has 0 saturated carbocycles. The first-order valence-electron chi connectivity index (χ1n) is 4.74. The van der Waals surface area contributed by atoms with Gasteiger partial charge in [0.1, 0.15) is 0 Å². The maximum Gasteiger partial charge on any atom is 0.308 e. The fourth-order valence-electron chi connectivity index (χ4n) is 1.83. The summed E-state index contributed by atoms with van der Waals surface area (Å²) >= 11 is 0. The van der Waals surface area contributed by atoms with Crippen molar-refractivity contribution in [2.75, 3.05) is 13.1 Å². The van der Waals surface area contributed by atoms with Crippen LogP contribution in [0.5, 0.6) is 0 Å². The molecule has 0 spiro atoms. The lowest BCUT2D eigenvalue weighted by Gasteiger charge is -2.20. The number of carboxylic acid groups (broad SMARTS) is 1. The van der Waals surface area contributed by atoms with Gasteiger partial charge in [0.2, 0.25) is 0 Å². The third-order valence-electron chi connectivity index (χ3n) is 2.78. The second kappa shape index (κ2) is 4.42. The van der Waals surface area contributed by atoms with Crippen LogP contribution in [-0.2, 0) is 4.79 Å². The molecule has 13 heavy (non-hydrogen) atoms. The minimum absolute atomic E-state index is 0.175. The van der Waals surface area contributed by atoms with Crippen LogP contribution in [0.3, 0.4) is 0 Å². The van der Waals surface area contributed by atoms with Gasteiger partial charge in [-0.2, -0.15) is 0 Å². The van der Waals surface area contributed by atoms with Gasteiger partial charge in [0.05, 0.1) is 5.92 Å². The van der Waals surface area contributed by atoms with Crippen LogP contribution < -0.4 is 0 Å². The minimum atomic E-state index is -0.657. The van der Waals surface area contributed by atoms with Gasteiger partial charge in [0.15, 0.2) is 0 Å². The number of aliphatic carboxylic acids is 1. The van der Waals surface area contributed by atoms with E-state index in [-0.39, 0.29) is 12.0 Å². The molecule has 1 aliphatic rings. The molecule has 1 N–H and O–H groups in total. The summed E-state index contributed by atoms with van der Waals surface area (Å²) in [6.07, 6.45) is 4.86. The Morgan fingerprint density at radius 3 is 2.85 bits per heavy atom. The van der Waals surface area contributed by atoms with Gasteiger partial charge in [0, 0.05) is 12.6 Å². The lowest BCUT2D eigenvalue weighted by atomic mass is 10.0. The topological polar surface area (TPSA) is 40.5 Å². The SMILES string of the molecule is C/C=C/CN1CCC(C(=O)O)C1C. The van der Waals surface area contributed by atoms with Crippen LogP contribution in [0.25, 0.3) is 0 Å². The van der Waals surface area contributed by atoms with Gasteiger partial charge in [-0.15, -0.1) is 0 Å². The average Bonchev–Trinajstić information content (AvgIpc) is 2.43. The lowest BCUT2D eigenvalue weighted by molar-refractivity contribution is -0.142. The van der Waals surface area contributed by atoms with Gasteiger partial charge >= 0.3 is 5.97 Å². The molecule has 1 fully saturated rings. The molecule has 3 heteroatoms. The van der Waals surface area contributed by atoms with Gasteiger partial charge in [-0.05, 0) is 26.8 Å². The summed E-state index contributed by atoms with van der Waals surface area (Å²) in [4.78, 5) is 13.0. The maximum atomic E-state index is 10.8. The molecule has 2 atom stereocenters. The molecule has 0 aromatic rings. The Bertz CT molecular complexity index is 213. The second-order valence-corrected chi connectivity index (χ2v) is 3.54. The second-order valence-electron chi connectivity index (χ2n) is 3.54. The highest BCUT2D eigenvalue weighted by Gasteiger charge is 2.34. The van der Waals surface area contributed by atoms with E-state index in [1.165, 1.54) is 0 Å². The van der Waals surface area contributed by atoms with Crippen molar-refractivity contribution in [2.45, 2.75) is 26.3 Å². The molecule has 0 aromatic carbocycles. The summed E-state index contributed by atoms with van der Waals surface area (Å²) in [6.45, 7) is 5.76. The highest BCUT2D eigenvalue weighted by molar-refractivity contribution is 5.71. The molecule has 3 nitrogen and oxygen atoms in total. The van der Waals surface area contributed by atoms with Crippen molar-refractivity contribution in [1.29, 1.82) is 0 Å². The molecule has 1 aliphatic heterocycles. The minimum Gasteiger partial charge on any atom is -0.481 e. The van der Waals surface area contributed by atoms with Crippen molar-refractivity contribution >= 4 is 5.97 Å². The third-order valence-corrected chi connectivity index (χ3v) is 2.78. The van der Waals surface area contributed by atoms with Crippen LogP contribution in [0, 0.1) is 5.92 Å². The van der Waals surface area contributed by atoms with Gasteiger partial charge in [0.25, 0.3) is 0 Å². The summed E-state index contributed by atoms with van der Waals surface area (Å²) in [5, 5.41) is 8.88. The van der Waals surface area contributed by atoms with E-state index in [1.807, 2.05) is 19.9 Å². The highest BCUT2D eigenvalue weighted by atomic mass is 16.4. The number of hydrogen-bond acceptors (Lipinski definition) is 2. The first-order chi connectivity index (χ1) is 6.16. The smallest absolute Gasteiger partial charge is 0.308 e. The largest absolute Gasteiger partial charge is 0.481 e. The summed E-state index contributed by atoms with van der Waals surface area (Å²) < 4.78 is 0. The lowest BCUT2D eigenvalue weighted by Crippen LogP contribution is -2.32. The van der Waals surface area contributed by atoms with Crippen molar-refractivity contribution in [3.05, 3.63) is 12.2 Å². The Labute approximate surface area is 79.0 Å². The van der Waals surface area contributed by atoms with Crippen LogP contribution in [0.2, 0.25) is 0 Å². The Morgan fingerprint density at radius 2 is 2.38 bits per heavy atom. The predicted molar refractivity (Wildman–Crippen MR) is 51.6 cm³/mol. The summed E-state index contributed by atoms with van der Waals surface area (Å²) in [5.74, 6) is -0.833. The van der Waals surface area contributed by atoms with Crippen LogP contribution in [0.1, 0.15) is 20.3 Å². The van der Waals surface area contributed by atoms with Gasteiger partial charge in [-0.3, -0.25) is 9.69 Å². The molecule has 1 saturated heterocycles. The van der Waals surface area contributed by atoms with Crippen LogP contribution >= 0.6 is 0 Å². The molecule has 0 aliphatic carbocycles. The first kappa shape index (κ1) is 10.3. The molecule has 1 rings (SSSR count). The number of nitrogens with zero attached hydrogens (tertiary/aromatic N) is 1.